The molecule has 1 aromatic rings. The maximum Gasteiger partial charge on any atom is 0.203 e. The average Bonchev–Trinajstić information content (AvgIpc) is 2.65. The lowest BCUT2D eigenvalue weighted by Crippen LogP contribution is -2.10. The van der Waals surface area contributed by atoms with Crippen molar-refractivity contribution in [2.45, 2.75) is 46.6 Å². The van der Waals surface area contributed by atoms with Crippen LogP contribution in [0.2, 0.25) is 0 Å². The Hall–Kier alpha value is -1.03. The number of nitrogens with one attached hydrogen (secondary N) is 1. The molecule has 0 saturated heterocycles. The predicted octanol–water partition coefficient (Wildman–Crippen LogP) is 3.08. The van der Waals surface area contributed by atoms with Crippen LogP contribution in [0.15, 0.2) is 6.20 Å². The minimum atomic E-state index is 0.773. The molecule has 4 nitrogen and oxygen atoms in total. The first-order valence-corrected chi connectivity index (χ1v) is 6.90. The van der Waals surface area contributed by atoms with Crippen molar-refractivity contribution < 1.29 is 4.74 Å². The Morgan fingerprint density at radius 3 is 2.83 bits per heavy atom. The highest BCUT2D eigenvalue weighted by Crippen LogP contribution is 2.10. The summed E-state index contributed by atoms with van der Waals surface area (Å²) in [4.78, 5) is 4.52. The molecule has 18 heavy (non-hydrogen) atoms. The highest BCUT2D eigenvalue weighted by atomic mass is 16.5. The van der Waals surface area contributed by atoms with Crippen molar-refractivity contribution in [3.05, 3.63) is 11.9 Å². The molecule has 1 heterocycles. The van der Waals surface area contributed by atoms with E-state index < -0.39 is 0 Å². The first-order valence-electron chi connectivity index (χ1n) is 6.90. The molecule has 0 amide bonds. The van der Waals surface area contributed by atoms with Crippen LogP contribution in [0.5, 0.6) is 0 Å². The summed E-state index contributed by atoms with van der Waals surface area (Å²) in [6, 6.07) is 0. The van der Waals surface area contributed by atoms with Crippen molar-refractivity contribution in [3.63, 3.8) is 0 Å². The first kappa shape index (κ1) is 15.0. The van der Waals surface area contributed by atoms with Crippen molar-refractivity contribution >= 4 is 5.95 Å². The molecule has 0 radical (unpaired) electrons. The largest absolute Gasteiger partial charge is 0.385 e. The van der Waals surface area contributed by atoms with Gasteiger partial charge in [0.1, 0.15) is 0 Å². The SMILES string of the molecule is COCCCn1cc(C)nc1NCCCC(C)C. The van der Waals surface area contributed by atoms with Crippen LogP contribution in [-0.4, -0.2) is 29.8 Å². The topological polar surface area (TPSA) is 39.1 Å². The van der Waals surface area contributed by atoms with Crippen molar-refractivity contribution in [1.82, 2.24) is 9.55 Å². The Morgan fingerprint density at radius 2 is 2.17 bits per heavy atom. The monoisotopic (exact) mass is 253 g/mol. The number of aromatic nitrogens is 2. The number of ether oxygens (including phenoxy) is 1. The van der Waals surface area contributed by atoms with Gasteiger partial charge in [-0.2, -0.15) is 0 Å². The van der Waals surface area contributed by atoms with E-state index in [1.165, 1.54) is 12.8 Å². The van der Waals surface area contributed by atoms with Gasteiger partial charge in [0, 0.05) is 33.0 Å². The Morgan fingerprint density at radius 1 is 1.39 bits per heavy atom. The molecule has 1 rings (SSSR count). The third-order valence-corrected chi connectivity index (χ3v) is 2.89. The highest BCUT2D eigenvalue weighted by Gasteiger charge is 2.04. The van der Waals surface area contributed by atoms with Crippen LogP contribution in [0.25, 0.3) is 0 Å². The van der Waals surface area contributed by atoms with E-state index >= 15 is 0 Å². The molecular weight excluding hydrogens is 226 g/mol. The Bertz CT molecular complexity index is 334. The first-order chi connectivity index (χ1) is 8.63. The van der Waals surface area contributed by atoms with Crippen LogP contribution in [-0.2, 0) is 11.3 Å². The van der Waals surface area contributed by atoms with Gasteiger partial charge in [-0.05, 0) is 32.1 Å². The molecular formula is C14H27N3O. The molecule has 0 atom stereocenters. The zero-order chi connectivity index (χ0) is 13.4. The Labute approximate surface area is 111 Å². The van der Waals surface area contributed by atoms with Crippen molar-refractivity contribution in [1.29, 1.82) is 0 Å². The van der Waals surface area contributed by atoms with E-state index in [1.807, 2.05) is 6.92 Å². The lowest BCUT2D eigenvalue weighted by molar-refractivity contribution is 0.190. The summed E-state index contributed by atoms with van der Waals surface area (Å²) in [5.74, 6) is 1.77. The van der Waals surface area contributed by atoms with Gasteiger partial charge in [-0.25, -0.2) is 4.98 Å². The lowest BCUT2D eigenvalue weighted by atomic mass is 10.1. The van der Waals surface area contributed by atoms with Crippen LogP contribution in [0.3, 0.4) is 0 Å². The highest BCUT2D eigenvalue weighted by molar-refractivity contribution is 5.28. The Balaban J connectivity index is 2.38. The van der Waals surface area contributed by atoms with Gasteiger partial charge in [-0.1, -0.05) is 13.8 Å². The summed E-state index contributed by atoms with van der Waals surface area (Å²) < 4.78 is 7.27. The van der Waals surface area contributed by atoms with Gasteiger partial charge < -0.3 is 14.6 Å². The van der Waals surface area contributed by atoms with Crippen molar-refractivity contribution in [2.24, 2.45) is 5.92 Å². The molecule has 0 bridgehead atoms. The van der Waals surface area contributed by atoms with E-state index in [4.69, 9.17) is 4.74 Å². The average molecular weight is 253 g/mol. The second-order valence-corrected chi connectivity index (χ2v) is 5.21. The van der Waals surface area contributed by atoms with Crippen molar-refractivity contribution in [2.75, 3.05) is 25.6 Å². The normalized spacial score (nSPS) is 11.2. The Kier molecular flexibility index (Phi) is 6.80. The van der Waals surface area contributed by atoms with Crippen LogP contribution in [0.1, 0.15) is 38.8 Å². The minimum absolute atomic E-state index is 0.773. The molecule has 0 aliphatic rings. The molecule has 0 aliphatic carbocycles. The number of anilines is 1. The fraction of sp³-hybridized carbons (Fsp3) is 0.786. The third kappa shape index (κ3) is 5.54. The van der Waals surface area contributed by atoms with E-state index in [1.54, 1.807) is 7.11 Å². The quantitative estimate of drug-likeness (QED) is 0.687. The van der Waals surface area contributed by atoms with Crippen LogP contribution >= 0.6 is 0 Å². The number of imidazole rings is 1. The van der Waals surface area contributed by atoms with Gasteiger partial charge >= 0.3 is 0 Å². The maximum atomic E-state index is 5.08. The van der Waals surface area contributed by atoms with Gasteiger partial charge in [-0.3, -0.25) is 0 Å². The van der Waals surface area contributed by atoms with Gasteiger partial charge in [0.05, 0.1) is 5.69 Å². The van der Waals surface area contributed by atoms with E-state index in [0.717, 1.165) is 43.7 Å². The summed E-state index contributed by atoms with van der Waals surface area (Å²) in [7, 11) is 1.74. The van der Waals surface area contributed by atoms with Crippen molar-refractivity contribution in [3.8, 4) is 0 Å². The lowest BCUT2D eigenvalue weighted by Gasteiger charge is -2.10. The van der Waals surface area contributed by atoms with E-state index in [2.05, 4.69) is 34.9 Å². The molecule has 0 spiro atoms. The number of hydrogen-bond donors (Lipinski definition) is 1. The molecule has 0 unspecified atom stereocenters. The fourth-order valence-corrected chi connectivity index (χ4v) is 1.95. The smallest absolute Gasteiger partial charge is 0.203 e. The second-order valence-electron chi connectivity index (χ2n) is 5.21. The summed E-state index contributed by atoms with van der Waals surface area (Å²) in [6.45, 7) is 9.31. The number of hydrogen-bond acceptors (Lipinski definition) is 3. The molecule has 0 aliphatic heterocycles. The van der Waals surface area contributed by atoms with Crippen LogP contribution in [0.4, 0.5) is 5.95 Å². The van der Waals surface area contributed by atoms with Crippen LogP contribution in [0, 0.1) is 12.8 Å². The summed E-state index contributed by atoms with van der Waals surface area (Å²) in [5.41, 5.74) is 1.07. The van der Waals surface area contributed by atoms with E-state index in [9.17, 15) is 0 Å². The minimum Gasteiger partial charge on any atom is -0.385 e. The standard InChI is InChI=1S/C14H27N3O/c1-12(2)7-5-8-15-14-16-13(3)11-17(14)9-6-10-18-4/h11-12H,5-10H2,1-4H3,(H,15,16). The van der Waals surface area contributed by atoms with Gasteiger partial charge in [-0.15, -0.1) is 0 Å². The molecule has 0 saturated carbocycles. The van der Waals surface area contributed by atoms with E-state index in [0.29, 0.717) is 0 Å². The second kappa shape index (κ2) is 8.14. The predicted molar refractivity (Wildman–Crippen MR) is 76.0 cm³/mol. The fourth-order valence-electron chi connectivity index (χ4n) is 1.95. The zero-order valence-electron chi connectivity index (χ0n) is 12.2. The number of nitrogens with zero attached hydrogens (tertiary/aromatic N) is 2. The van der Waals surface area contributed by atoms with E-state index in [-0.39, 0.29) is 0 Å². The van der Waals surface area contributed by atoms with Gasteiger partial charge in [0.25, 0.3) is 0 Å². The van der Waals surface area contributed by atoms with Gasteiger partial charge in [0.15, 0.2) is 0 Å². The summed E-state index contributed by atoms with van der Waals surface area (Å²) in [6.07, 6.45) is 5.57. The molecule has 0 aromatic carbocycles. The van der Waals surface area contributed by atoms with Crippen LogP contribution < -0.4 is 5.32 Å². The molecule has 1 N–H and O–H groups in total. The number of methoxy groups -OCH3 is 1. The molecule has 0 fully saturated rings. The number of aryl methyl sites for hydroxylation is 2. The third-order valence-electron chi connectivity index (χ3n) is 2.89. The molecule has 1 aromatic heterocycles. The number of rotatable bonds is 9. The summed E-state index contributed by atoms with van der Waals surface area (Å²) >= 11 is 0. The summed E-state index contributed by atoms with van der Waals surface area (Å²) in [5, 5.41) is 3.43. The van der Waals surface area contributed by atoms with Gasteiger partial charge in [0.2, 0.25) is 5.95 Å². The maximum absolute atomic E-state index is 5.08. The molecule has 4 heteroatoms. The zero-order valence-corrected chi connectivity index (χ0v) is 12.2. The molecule has 104 valence electrons.